The molecular formula is C48H93NO5. The van der Waals surface area contributed by atoms with Crippen LogP contribution in [0.4, 0.5) is 0 Å². The summed E-state index contributed by atoms with van der Waals surface area (Å²) in [5.41, 5.74) is 0. The number of nitrogens with zero attached hydrogens (tertiary/aromatic N) is 1. The standard InChI is InChI=1S/C48H93NO5/c1-6-11-22-31-44(32-23-12-7-2)39-42-52-47(50)37-28-20-16-18-26-35-46(54-49-41-30-15-10-5)36-27-19-17-21-29-38-48(51)53-43-40-45(33-24-13-8-3)34-25-14-9-4/h41,44-46H,6-40,42-43H2,1-5H3/b49-41+. The van der Waals surface area contributed by atoms with Crippen molar-refractivity contribution in [2.75, 3.05) is 13.2 Å². The van der Waals surface area contributed by atoms with E-state index < -0.39 is 0 Å². The summed E-state index contributed by atoms with van der Waals surface area (Å²) in [6.07, 6.45) is 42.2. The minimum Gasteiger partial charge on any atom is -0.466 e. The molecule has 320 valence electrons. The summed E-state index contributed by atoms with van der Waals surface area (Å²) in [6.45, 7) is 12.4. The maximum Gasteiger partial charge on any atom is 0.305 e. The Morgan fingerprint density at radius 2 is 0.778 bits per heavy atom. The van der Waals surface area contributed by atoms with Gasteiger partial charge in [0.15, 0.2) is 0 Å². The molecule has 0 aliphatic carbocycles. The van der Waals surface area contributed by atoms with Crippen LogP contribution in [0, 0.1) is 11.8 Å². The highest BCUT2D eigenvalue weighted by Crippen LogP contribution is 2.23. The second-order valence-corrected chi connectivity index (χ2v) is 16.5. The number of ether oxygens (including phenoxy) is 2. The van der Waals surface area contributed by atoms with Crippen LogP contribution in [0.3, 0.4) is 0 Å². The topological polar surface area (TPSA) is 74.2 Å². The zero-order valence-electron chi connectivity index (χ0n) is 37.0. The Hall–Kier alpha value is -1.59. The Kier molecular flexibility index (Phi) is 41.3. The van der Waals surface area contributed by atoms with Crippen LogP contribution in [-0.4, -0.2) is 37.5 Å². The molecule has 0 aliphatic heterocycles. The van der Waals surface area contributed by atoms with E-state index in [2.05, 4.69) is 39.8 Å². The molecule has 0 amide bonds. The van der Waals surface area contributed by atoms with Gasteiger partial charge in [0.1, 0.15) is 6.10 Å². The van der Waals surface area contributed by atoms with Crippen LogP contribution in [0.1, 0.15) is 259 Å². The molecule has 54 heavy (non-hydrogen) atoms. The van der Waals surface area contributed by atoms with Crippen molar-refractivity contribution in [3.05, 3.63) is 0 Å². The summed E-state index contributed by atoms with van der Waals surface area (Å²) in [4.78, 5) is 30.7. The SMILES string of the molecule is CCCC/C=N/OC(CCCCCCCC(=O)OCCC(CCCCC)CCCCC)CCCCCCCC(=O)OCCC(CCCCC)CCCCC. The first-order chi connectivity index (χ1) is 26.5. The predicted octanol–water partition coefficient (Wildman–Crippen LogP) is 15.4. The average molecular weight is 764 g/mol. The molecule has 0 atom stereocenters. The lowest BCUT2D eigenvalue weighted by atomic mass is 9.92. The predicted molar refractivity (Wildman–Crippen MR) is 232 cm³/mol. The average Bonchev–Trinajstić information content (AvgIpc) is 3.16. The van der Waals surface area contributed by atoms with E-state index in [4.69, 9.17) is 14.3 Å². The van der Waals surface area contributed by atoms with Crippen LogP contribution >= 0.6 is 0 Å². The first kappa shape index (κ1) is 52.4. The van der Waals surface area contributed by atoms with Gasteiger partial charge in [0.05, 0.1) is 13.2 Å². The quantitative estimate of drug-likeness (QED) is 0.0268. The number of carbonyl (C=O) groups excluding carboxylic acids is 2. The van der Waals surface area contributed by atoms with Gasteiger partial charge in [-0.25, -0.2) is 0 Å². The van der Waals surface area contributed by atoms with Gasteiger partial charge >= 0.3 is 11.9 Å². The molecule has 0 aliphatic rings. The summed E-state index contributed by atoms with van der Waals surface area (Å²) < 4.78 is 11.3. The van der Waals surface area contributed by atoms with Gasteiger partial charge in [0, 0.05) is 19.1 Å². The number of carbonyl (C=O) groups is 2. The van der Waals surface area contributed by atoms with Crippen molar-refractivity contribution in [1.29, 1.82) is 0 Å². The fourth-order valence-electron chi connectivity index (χ4n) is 7.49. The van der Waals surface area contributed by atoms with E-state index in [1.54, 1.807) is 0 Å². The maximum atomic E-state index is 12.4. The molecule has 0 saturated heterocycles. The van der Waals surface area contributed by atoms with Crippen molar-refractivity contribution in [3.63, 3.8) is 0 Å². The van der Waals surface area contributed by atoms with E-state index >= 15 is 0 Å². The van der Waals surface area contributed by atoms with Crippen molar-refractivity contribution in [2.45, 2.75) is 265 Å². The van der Waals surface area contributed by atoms with E-state index in [0.29, 0.717) is 37.9 Å². The van der Waals surface area contributed by atoms with Crippen LogP contribution in [0.2, 0.25) is 0 Å². The van der Waals surface area contributed by atoms with Crippen molar-refractivity contribution in [1.82, 2.24) is 0 Å². The molecule has 0 fully saturated rings. The van der Waals surface area contributed by atoms with E-state index in [-0.39, 0.29) is 18.0 Å². The largest absolute Gasteiger partial charge is 0.466 e. The molecular weight excluding hydrogens is 671 g/mol. The fraction of sp³-hybridized carbons (Fsp3) is 0.938. The Morgan fingerprint density at radius 3 is 1.17 bits per heavy atom. The van der Waals surface area contributed by atoms with Crippen molar-refractivity contribution >= 4 is 18.2 Å². The van der Waals surface area contributed by atoms with Crippen LogP contribution in [-0.2, 0) is 23.9 Å². The molecule has 0 heterocycles. The highest BCUT2D eigenvalue weighted by molar-refractivity contribution is 5.69. The molecule has 0 saturated carbocycles. The minimum atomic E-state index is -0.0140. The Balaban J connectivity index is 4.20. The van der Waals surface area contributed by atoms with Crippen LogP contribution in [0.25, 0.3) is 0 Å². The van der Waals surface area contributed by atoms with Gasteiger partial charge in [-0.1, -0.05) is 187 Å². The maximum absolute atomic E-state index is 12.4. The first-order valence-electron chi connectivity index (χ1n) is 24.0. The van der Waals surface area contributed by atoms with Gasteiger partial charge in [-0.05, 0) is 76.0 Å². The first-order valence-corrected chi connectivity index (χ1v) is 24.0. The third kappa shape index (κ3) is 37.3. The van der Waals surface area contributed by atoms with E-state index in [0.717, 1.165) is 89.9 Å². The molecule has 0 aromatic carbocycles. The van der Waals surface area contributed by atoms with Crippen molar-refractivity contribution in [2.24, 2.45) is 17.0 Å². The lowest BCUT2D eigenvalue weighted by Gasteiger charge is -2.17. The van der Waals surface area contributed by atoms with Gasteiger partial charge in [0.25, 0.3) is 0 Å². The Bertz CT molecular complexity index is 741. The number of hydrogen-bond donors (Lipinski definition) is 0. The third-order valence-electron chi connectivity index (χ3n) is 11.2. The number of unbranched alkanes of at least 4 members (excludes halogenated alkanes) is 18. The normalized spacial score (nSPS) is 11.8. The summed E-state index contributed by atoms with van der Waals surface area (Å²) in [6, 6.07) is 0. The molecule has 0 unspecified atom stereocenters. The van der Waals surface area contributed by atoms with Crippen molar-refractivity contribution < 1.29 is 23.9 Å². The minimum absolute atomic E-state index is 0.0140. The molecule has 0 N–H and O–H groups in total. The van der Waals surface area contributed by atoms with E-state index in [1.165, 1.54) is 122 Å². The van der Waals surface area contributed by atoms with Gasteiger partial charge in [0.2, 0.25) is 0 Å². The van der Waals surface area contributed by atoms with Crippen LogP contribution in [0.5, 0.6) is 0 Å². The van der Waals surface area contributed by atoms with Crippen LogP contribution < -0.4 is 0 Å². The van der Waals surface area contributed by atoms with Gasteiger partial charge in [-0.2, -0.15) is 0 Å². The molecule has 6 heteroatoms. The second kappa shape index (κ2) is 42.6. The molecule has 0 rings (SSSR count). The number of hydrogen-bond acceptors (Lipinski definition) is 6. The fourth-order valence-corrected chi connectivity index (χ4v) is 7.49. The van der Waals surface area contributed by atoms with Crippen LogP contribution in [0.15, 0.2) is 5.16 Å². The zero-order chi connectivity index (χ0) is 39.6. The Morgan fingerprint density at radius 1 is 0.426 bits per heavy atom. The number of rotatable bonds is 43. The van der Waals surface area contributed by atoms with Gasteiger partial charge in [-0.15, -0.1) is 0 Å². The summed E-state index contributed by atoms with van der Waals surface area (Å²) in [7, 11) is 0. The number of esters is 2. The van der Waals surface area contributed by atoms with Crippen molar-refractivity contribution in [3.8, 4) is 0 Å². The van der Waals surface area contributed by atoms with E-state index in [1.807, 2.05) is 6.21 Å². The van der Waals surface area contributed by atoms with E-state index in [9.17, 15) is 9.59 Å². The van der Waals surface area contributed by atoms with Gasteiger partial charge < -0.3 is 14.3 Å². The lowest BCUT2D eigenvalue weighted by molar-refractivity contribution is -0.145. The summed E-state index contributed by atoms with van der Waals surface area (Å²) in [5, 5.41) is 4.32. The smallest absolute Gasteiger partial charge is 0.305 e. The molecule has 0 spiro atoms. The lowest BCUT2D eigenvalue weighted by Crippen LogP contribution is -2.11. The molecule has 6 nitrogen and oxygen atoms in total. The Labute approximate surface area is 336 Å². The summed E-state index contributed by atoms with van der Waals surface area (Å²) >= 11 is 0. The molecule has 0 aromatic heterocycles. The molecule has 0 radical (unpaired) electrons. The highest BCUT2D eigenvalue weighted by Gasteiger charge is 2.13. The number of oxime groups is 1. The molecule has 0 aromatic rings. The summed E-state index contributed by atoms with van der Waals surface area (Å²) in [5.74, 6) is 1.39. The zero-order valence-corrected chi connectivity index (χ0v) is 37.0. The monoisotopic (exact) mass is 764 g/mol. The third-order valence-corrected chi connectivity index (χ3v) is 11.2. The molecule has 0 bridgehead atoms. The highest BCUT2D eigenvalue weighted by atomic mass is 16.6. The second-order valence-electron chi connectivity index (χ2n) is 16.5. The van der Waals surface area contributed by atoms with Gasteiger partial charge in [-0.3, -0.25) is 9.59 Å².